The van der Waals surface area contributed by atoms with Crippen molar-refractivity contribution in [1.29, 1.82) is 0 Å². The number of nitrogens with one attached hydrogen (secondary N) is 1. The summed E-state index contributed by atoms with van der Waals surface area (Å²) in [5.41, 5.74) is 14.4. The number of likely N-dealkylation sites (tertiary alicyclic amines) is 1. The molecule has 5 fully saturated rings. The Kier molecular flexibility index (Phi) is 14.9. The zero-order chi connectivity index (χ0) is 52.6. The number of pyridine rings is 1. The zero-order valence-corrected chi connectivity index (χ0v) is 44.5. The van der Waals surface area contributed by atoms with Crippen LogP contribution in [0.25, 0.3) is 21.7 Å². The van der Waals surface area contributed by atoms with Gasteiger partial charge in [0, 0.05) is 80.8 Å². The summed E-state index contributed by atoms with van der Waals surface area (Å²) in [7, 11) is 0. The first-order valence-corrected chi connectivity index (χ1v) is 27.9. The number of thiazole rings is 1. The third-order valence-corrected chi connectivity index (χ3v) is 17.3. The Morgan fingerprint density at radius 3 is 2.28 bits per heavy atom. The van der Waals surface area contributed by atoms with E-state index in [9.17, 15) is 19.8 Å². The first-order valence-electron chi connectivity index (χ1n) is 27.1. The highest BCUT2D eigenvalue weighted by Gasteiger charge is 2.44. The second-order valence-corrected chi connectivity index (χ2v) is 22.6. The molecule has 19 heteroatoms. The number of nitrogens with two attached hydrogens (primary N) is 1. The number of aliphatic hydroxyl groups is 1. The number of piperazine rings is 1. The van der Waals surface area contributed by atoms with Crippen LogP contribution >= 0.6 is 11.3 Å². The van der Waals surface area contributed by atoms with Gasteiger partial charge in [0.25, 0.3) is 0 Å². The number of piperidine rings is 1. The number of aliphatic hydroxyl groups excluding tert-OH is 1. The first-order chi connectivity index (χ1) is 36.8. The van der Waals surface area contributed by atoms with Crippen LogP contribution in [-0.2, 0) is 14.3 Å². The standard InChI is InChI=1S/C57H69N11O7S/c1-33(2)53(57(72)67-31-41(69)26-48(67)56(71)61-34(3)36-9-11-37(12-10-36)54-35(4)60-32-76-54)50-28-51(64-75-50)65-23-20-44(21-24-65)73-42-15-17-43(18-16-42)74-52-25-38(19-22-59-52)68-39-13-14-40(68)30-66(29-39)47-27-46(62-63-55(47)58)45-7-5-6-8-49(45)70/h5-12,19,22,25,27-28,32-34,39-44,48,53,69-70H,13-18,20-21,23-24,26,29-31H2,1-4H3,(H2,58,63)(H,61,71)/t34-,39-,40?,41+,42?,43?,48-,53-/m0/s1. The molecule has 4 saturated heterocycles. The van der Waals surface area contributed by atoms with Gasteiger partial charge in [0.2, 0.25) is 17.7 Å². The maximum Gasteiger partial charge on any atom is 0.243 e. The lowest BCUT2D eigenvalue weighted by Gasteiger charge is -2.43. The second-order valence-electron chi connectivity index (χ2n) is 21.7. The molecule has 5 aliphatic rings. The first kappa shape index (κ1) is 51.3. The second kappa shape index (κ2) is 22.0. The molecule has 11 rings (SSSR count). The van der Waals surface area contributed by atoms with E-state index in [-0.39, 0.29) is 72.9 Å². The summed E-state index contributed by atoms with van der Waals surface area (Å²) in [5, 5.41) is 37.4. The molecule has 4 aromatic heterocycles. The average Bonchev–Trinajstić information content (AvgIpc) is 4.25. The molecule has 1 aliphatic carbocycles. The molecule has 8 heterocycles. The molecule has 6 atom stereocenters. The highest BCUT2D eigenvalue weighted by Crippen LogP contribution is 2.41. The number of rotatable bonds is 15. The summed E-state index contributed by atoms with van der Waals surface area (Å²) < 4.78 is 19.2. The Labute approximate surface area is 447 Å². The molecule has 1 saturated carbocycles. The summed E-state index contributed by atoms with van der Waals surface area (Å²) in [5.74, 6) is 0.959. The average molecular weight is 1050 g/mol. The lowest BCUT2D eigenvalue weighted by Crippen LogP contribution is -2.54. The molecule has 2 bridgehead atoms. The summed E-state index contributed by atoms with van der Waals surface area (Å²) in [6.45, 7) is 11.0. The van der Waals surface area contributed by atoms with E-state index in [1.807, 2.05) is 87.9 Å². The van der Waals surface area contributed by atoms with Crippen LogP contribution in [0.15, 0.2) is 89.0 Å². The van der Waals surface area contributed by atoms with E-state index in [2.05, 4.69) is 57.5 Å². The third-order valence-electron chi connectivity index (χ3n) is 16.3. The molecular weight excluding hydrogens is 983 g/mol. The Bertz CT molecular complexity index is 2980. The minimum absolute atomic E-state index is 0.0667. The number of ether oxygens (including phenoxy) is 2. The van der Waals surface area contributed by atoms with Crippen LogP contribution in [0.2, 0.25) is 0 Å². The number of aromatic nitrogens is 5. The van der Waals surface area contributed by atoms with Crippen LogP contribution in [0.5, 0.6) is 11.6 Å². The lowest BCUT2D eigenvalue weighted by atomic mass is 9.91. The highest BCUT2D eigenvalue weighted by atomic mass is 32.1. The topological polar surface area (TPSA) is 222 Å². The van der Waals surface area contributed by atoms with Crippen LogP contribution in [0.4, 0.5) is 23.0 Å². The van der Waals surface area contributed by atoms with Gasteiger partial charge in [0.1, 0.15) is 23.8 Å². The summed E-state index contributed by atoms with van der Waals surface area (Å²) >= 11 is 1.60. The number of anilines is 4. The number of para-hydroxylation sites is 1. The smallest absolute Gasteiger partial charge is 0.243 e. The van der Waals surface area contributed by atoms with Gasteiger partial charge in [-0.1, -0.05) is 55.4 Å². The fourth-order valence-corrected chi connectivity index (χ4v) is 13.1. The molecule has 1 unspecified atom stereocenters. The number of β-amino-alcohol motifs (C(OH)–C–C–N with tert-alkyl or cyclic N) is 1. The van der Waals surface area contributed by atoms with E-state index >= 15 is 0 Å². The number of hydrogen-bond acceptors (Lipinski definition) is 17. The van der Waals surface area contributed by atoms with Crippen molar-refractivity contribution >= 4 is 46.2 Å². The number of aromatic hydroxyl groups is 1. The zero-order valence-electron chi connectivity index (χ0n) is 43.7. The van der Waals surface area contributed by atoms with Crippen LogP contribution < -0.4 is 30.5 Å². The van der Waals surface area contributed by atoms with Gasteiger partial charge in [-0.15, -0.1) is 21.5 Å². The maximum absolute atomic E-state index is 14.4. The molecule has 0 spiro atoms. The van der Waals surface area contributed by atoms with Gasteiger partial charge >= 0.3 is 0 Å². The predicted molar refractivity (Wildman–Crippen MR) is 291 cm³/mol. The van der Waals surface area contributed by atoms with E-state index in [1.165, 1.54) is 4.90 Å². The lowest BCUT2D eigenvalue weighted by molar-refractivity contribution is -0.141. The van der Waals surface area contributed by atoms with Crippen molar-refractivity contribution in [3.63, 3.8) is 0 Å². The van der Waals surface area contributed by atoms with Crippen molar-refractivity contribution in [2.45, 2.75) is 140 Å². The number of carbonyl (C=O) groups excluding carboxylic acids is 2. The molecule has 5 N–H and O–H groups in total. The summed E-state index contributed by atoms with van der Waals surface area (Å²) in [6, 6.07) is 22.7. The van der Waals surface area contributed by atoms with Gasteiger partial charge in [0.15, 0.2) is 17.4 Å². The molecule has 6 aromatic rings. The van der Waals surface area contributed by atoms with E-state index in [0.29, 0.717) is 34.5 Å². The van der Waals surface area contributed by atoms with Crippen molar-refractivity contribution in [2.75, 3.05) is 53.2 Å². The molecule has 18 nitrogen and oxygen atoms in total. The number of benzene rings is 2. The van der Waals surface area contributed by atoms with E-state index in [4.69, 9.17) is 19.7 Å². The fourth-order valence-electron chi connectivity index (χ4n) is 12.3. The van der Waals surface area contributed by atoms with Gasteiger partial charge < -0.3 is 54.9 Å². The van der Waals surface area contributed by atoms with Crippen LogP contribution in [0.3, 0.4) is 0 Å². The van der Waals surface area contributed by atoms with Gasteiger partial charge in [-0.05, 0) is 107 Å². The van der Waals surface area contributed by atoms with Gasteiger partial charge in [-0.2, -0.15) is 0 Å². The molecule has 0 radical (unpaired) electrons. The number of amides is 2. The number of hydrogen-bond donors (Lipinski definition) is 4. The Morgan fingerprint density at radius 2 is 1.57 bits per heavy atom. The Morgan fingerprint density at radius 1 is 0.842 bits per heavy atom. The summed E-state index contributed by atoms with van der Waals surface area (Å²) in [6.07, 6.45) is 9.04. The van der Waals surface area contributed by atoms with Crippen molar-refractivity contribution in [1.82, 2.24) is 35.5 Å². The fraction of sp³-hybridized carbons (Fsp3) is 0.491. The van der Waals surface area contributed by atoms with E-state index in [1.54, 1.807) is 23.5 Å². The van der Waals surface area contributed by atoms with Crippen molar-refractivity contribution in [3.8, 4) is 33.3 Å². The number of phenols is 1. The minimum atomic E-state index is -0.814. The van der Waals surface area contributed by atoms with E-state index in [0.717, 1.165) is 111 Å². The molecular formula is C57H69N11O7S. The molecule has 400 valence electrons. The van der Waals surface area contributed by atoms with Crippen LogP contribution in [0.1, 0.15) is 108 Å². The van der Waals surface area contributed by atoms with Crippen molar-refractivity contribution < 1.29 is 33.8 Å². The largest absolute Gasteiger partial charge is 0.507 e. The SMILES string of the molecule is Cc1ncsc1-c1ccc([C@H](C)NC(=O)[C@@H]2C[C@@H](O)CN2C(=O)[C@H](c2cc(N3CCC(OC4CCC(Oc5cc(N6C7CC[C@H]6CN(c6cc(-c8ccccc8O)nnc6N)C7)ccn5)CC4)CC3)no2)C(C)C)cc1. The number of nitrogen functional groups attached to an aromatic ring is 1. The minimum Gasteiger partial charge on any atom is -0.507 e. The summed E-state index contributed by atoms with van der Waals surface area (Å²) in [4.78, 5) is 46.9. The van der Waals surface area contributed by atoms with Gasteiger partial charge in [-0.3, -0.25) is 9.59 Å². The number of fused-ring (bicyclic) bond motifs is 2. The highest BCUT2D eigenvalue weighted by molar-refractivity contribution is 7.13. The number of phenolic OH excluding ortho intramolecular Hbond substituents is 1. The van der Waals surface area contributed by atoms with E-state index < -0.39 is 18.1 Å². The van der Waals surface area contributed by atoms with Gasteiger partial charge in [0.05, 0.1) is 51.8 Å². The monoisotopic (exact) mass is 1050 g/mol. The molecule has 76 heavy (non-hydrogen) atoms. The van der Waals surface area contributed by atoms with Crippen molar-refractivity contribution in [3.05, 3.63) is 102 Å². The molecule has 2 aromatic carbocycles. The molecule has 4 aliphatic heterocycles. The number of nitrogens with zero attached hydrogens (tertiary/aromatic N) is 9. The number of carbonyl (C=O) groups is 2. The number of aryl methyl sites for hydroxylation is 1. The van der Waals surface area contributed by atoms with Gasteiger partial charge in [-0.25, -0.2) is 9.97 Å². The molecule has 2 amide bonds. The quantitative estimate of drug-likeness (QED) is 0.0764. The normalized spacial score (nSPS) is 23.8. The Balaban J connectivity index is 0.638. The van der Waals surface area contributed by atoms with Crippen LogP contribution in [-0.4, -0.2) is 128 Å². The predicted octanol–water partition coefficient (Wildman–Crippen LogP) is 8.06. The van der Waals surface area contributed by atoms with Crippen molar-refractivity contribution in [2.24, 2.45) is 5.92 Å². The Hall–Kier alpha value is -6.83. The maximum atomic E-state index is 14.4. The third kappa shape index (κ3) is 10.8. The van der Waals surface area contributed by atoms with Crippen LogP contribution in [0, 0.1) is 12.8 Å².